The van der Waals surface area contributed by atoms with Crippen molar-refractivity contribution in [3.63, 3.8) is 0 Å². The summed E-state index contributed by atoms with van der Waals surface area (Å²) in [7, 11) is 0. The van der Waals surface area contributed by atoms with Crippen molar-refractivity contribution in [3.05, 3.63) is 35.4 Å². The molecule has 0 atom stereocenters. The molecule has 0 spiro atoms. The SMILES string of the molecule is CCCCCCCCCCOCCCC(=O)c1ccc(C)cc1. The number of rotatable bonds is 14. The van der Waals surface area contributed by atoms with Crippen LogP contribution < -0.4 is 0 Å². The molecule has 2 heteroatoms. The van der Waals surface area contributed by atoms with Gasteiger partial charge in [-0.25, -0.2) is 0 Å². The van der Waals surface area contributed by atoms with E-state index in [1.807, 2.05) is 31.2 Å². The summed E-state index contributed by atoms with van der Waals surface area (Å²) in [5, 5.41) is 0. The second-order valence-corrected chi connectivity index (χ2v) is 6.48. The molecule has 1 aromatic carbocycles. The first kappa shape index (κ1) is 19.9. The van der Waals surface area contributed by atoms with E-state index in [9.17, 15) is 4.79 Å². The fraction of sp³-hybridized carbons (Fsp3) is 0.667. The molecule has 1 rings (SSSR count). The Balaban J connectivity index is 1.89. The monoisotopic (exact) mass is 318 g/mol. The molecule has 23 heavy (non-hydrogen) atoms. The topological polar surface area (TPSA) is 26.3 Å². The molecule has 0 bridgehead atoms. The number of benzene rings is 1. The van der Waals surface area contributed by atoms with Crippen molar-refractivity contribution in [1.82, 2.24) is 0 Å². The van der Waals surface area contributed by atoms with Gasteiger partial charge in [0.05, 0.1) is 0 Å². The van der Waals surface area contributed by atoms with Crippen LogP contribution >= 0.6 is 0 Å². The molecule has 0 radical (unpaired) electrons. The van der Waals surface area contributed by atoms with Gasteiger partial charge in [0.15, 0.2) is 5.78 Å². The van der Waals surface area contributed by atoms with Crippen molar-refractivity contribution in [2.24, 2.45) is 0 Å². The Labute approximate surface area is 142 Å². The van der Waals surface area contributed by atoms with Crippen LogP contribution in [-0.4, -0.2) is 19.0 Å². The maximum Gasteiger partial charge on any atom is 0.162 e. The Kier molecular flexibility index (Phi) is 11.5. The Hall–Kier alpha value is -1.15. The number of Topliss-reactive ketones (excluding diaryl/α,β-unsaturated/α-hetero) is 1. The molecule has 0 aliphatic rings. The van der Waals surface area contributed by atoms with Crippen LogP contribution in [0.3, 0.4) is 0 Å². The molecule has 0 unspecified atom stereocenters. The number of hydrogen-bond donors (Lipinski definition) is 0. The molecule has 0 saturated carbocycles. The number of hydrogen-bond acceptors (Lipinski definition) is 2. The molecule has 0 heterocycles. The highest BCUT2D eigenvalue weighted by atomic mass is 16.5. The molecule has 2 nitrogen and oxygen atoms in total. The summed E-state index contributed by atoms with van der Waals surface area (Å²) in [4.78, 5) is 12.0. The van der Waals surface area contributed by atoms with Crippen LogP contribution in [0.5, 0.6) is 0 Å². The summed E-state index contributed by atoms with van der Waals surface area (Å²) in [6.07, 6.45) is 12.0. The lowest BCUT2D eigenvalue weighted by atomic mass is 10.1. The van der Waals surface area contributed by atoms with Gasteiger partial charge in [-0.1, -0.05) is 81.7 Å². The Morgan fingerprint density at radius 2 is 1.39 bits per heavy atom. The summed E-state index contributed by atoms with van der Waals surface area (Å²) in [6.45, 7) is 5.83. The number of ketones is 1. The summed E-state index contributed by atoms with van der Waals surface area (Å²) < 4.78 is 5.63. The van der Waals surface area contributed by atoms with Crippen LogP contribution in [0.2, 0.25) is 0 Å². The maximum atomic E-state index is 12.0. The molecule has 1 aromatic rings. The third kappa shape index (κ3) is 10.3. The Bertz CT molecular complexity index is 408. The lowest BCUT2D eigenvalue weighted by Gasteiger charge is -2.05. The predicted molar refractivity (Wildman–Crippen MR) is 98.2 cm³/mol. The fourth-order valence-corrected chi connectivity index (χ4v) is 2.66. The maximum absolute atomic E-state index is 12.0. The van der Waals surface area contributed by atoms with Gasteiger partial charge in [-0.05, 0) is 19.8 Å². The minimum Gasteiger partial charge on any atom is -0.381 e. The van der Waals surface area contributed by atoms with Gasteiger partial charge in [-0.15, -0.1) is 0 Å². The van der Waals surface area contributed by atoms with E-state index in [0.29, 0.717) is 13.0 Å². The number of aryl methyl sites for hydroxylation is 1. The molecule has 0 fully saturated rings. The van der Waals surface area contributed by atoms with Crippen molar-refractivity contribution in [2.45, 2.75) is 78.1 Å². The van der Waals surface area contributed by atoms with E-state index in [1.54, 1.807) is 0 Å². The van der Waals surface area contributed by atoms with E-state index in [1.165, 1.54) is 50.5 Å². The van der Waals surface area contributed by atoms with Gasteiger partial charge in [0.1, 0.15) is 0 Å². The standard InChI is InChI=1S/C21H34O2/c1-3-4-5-6-7-8-9-10-17-23-18-11-12-21(22)20-15-13-19(2)14-16-20/h13-16H,3-12,17-18H2,1-2H3. The number of unbranched alkanes of at least 4 members (excludes halogenated alkanes) is 7. The smallest absolute Gasteiger partial charge is 0.162 e. The summed E-state index contributed by atoms with van der Waals surface area (Å²) in [5.41, 5.74) is 2.01. The molecule has 0 aromatic heterocycles. The highest BCUT2D eigenvalue weighted by Crippen LogP contribution is 2.09. The Morgan fingerprint density at radius 1 is 0.826 bits per heavy atom. The second kappa shape index (κ2) is 13.3. The molecular formula is C21H34O2. The van der Waals surface area contributed by atoms with Gasteiger partial charge in [-0.2, -0.15) is 0 Å². The molecule has 0 aliphatic heterocycles. The van der Waals surface area contributed by atoms with Crippen molar-refractivity contribution in [1.29, 1.82) is 0 Å². The average molecular weight is 319 g/mol. The molecule has 0 aliphatic carbocycles. The first-order valence-corrected chi connectivity index (χ1v) is 9.41. The highest BCUT2D eigenvalue weighted by molar-refractivity contribution is 5.96. The van der Waals surface area contributed by atoms with Gasteiger partial charge in [0.25, 0.3) is 0 Å². The zero-order chi connectivity index (χ0) is 16.8. The first-order chi connectivity index (χ1) is 11.2. The summed E-state index contributed by atoms with van der Waals surface area (Å²) in [6, 6.07) is 7.82. The minimum absolute atomic E-state index is 0.223. The van der Waals surface area contributed by atoms with E-state index in [-0.39, 0.29) is 5.78 Å². The summed E-state index contributed by atoms with van der Waals surface area (Å²) in [5.74, 6) is 0.223. The van der Waals surface area contributed by atoms with Crippen LogP contribution in [0.15, 0.2) is 24.3 Å². The van der Waals surface area contributed by atoms with E-state index in [4.69, 9.17) is 4.74 Å². The van der Waals surface area contributed by atoms with Gasteiger partial charge < -0.3 is 4.74 Å². The van der Waals surface area contributed by atoms with Crippen LogP contribution in [0.1, 0.15) is 87.1 Å². The van der Waals surface area contributed by atoms with E-state index in [2.05, 4.69) is 6.92 Å². The average Bonchev–Trinajstić information content (AvgIpc) is 2.56. The third-order valence-corrected chi connectivity index (χ3v) is 4.21. The number of carbonyl (C=O) groups excluding carboxylic acids is 1. The lowest BCUT2D eigenvalue weighted by Crippen LogP contribution is -2.03. The molecule has 0 saturated heterocycles. The lowest BCUT2D eigenvalue weighted by molar-refractivity contribution is 0.0933. The summed E-state index contributed by atoms with van der Waals surface area (Å²) >= 11 is 0. The fourth-order valence-electron chi connectivity index (χ4n) is 2.66. The Morgan fingerprint density at radius 3 is 2.04 bits per heavy atom. The normalized spacial score (nSPS) is 10.9. The number of ether oxygens (including phenoxy) is 1. The van der Waals surface area contributed by atoms with Crippen molar-refractivity contribution in [3.8, 4) is 0 Å². The van der Waals surface area contributed by atoms with Gasteiger partial charge in [0.2, 0.25) is 0 Å². The largest absolute Gasteiger partial charge is 0.381 e. The molecule has 130 valence electrons. The molecular weight excluding hydrogens is 284 g/mol. The van der Waals surface area contributed by atoms with Gasteiger partial charge in [0, 0.05) is 25.2 Å². The van der Waals surface area contributed by atoms with Crippen molar-refractivity contribution < 1.29 is 9.53 Å². The molecule has 0 N–H and O–H groups in total. The van der Waals surface area contributed by atoms with E-state index in [0.717, 1.165) is 25.0 Å². The minimum atomic E-state index is 0.223. The zero-order valence-corrected chi connectivity index (χ0v) is 15.1. The van der Waals surface area contributed by atoms with Crippen LogP contribution in [0.25, 0.3) is 0 Å². The highest BCUT2D eigenvalue weighted by Gasteiger charge is 2.04. The van der Waals surface area contributed by atoms with E-state index < -0.39 is 0 Å². The zero-order valence-electron chi connectivity index (χ0n) is 15.1. The quantitative estimate of drug-likeness (QED) is 0.305. The van der Waals surface area contributed by atoms with Crippen LogP contribution in [0.4, 0.5) is 0 Å². The third-order valence-electron chi connectivity index (χ3n) is 4.21. The van der Waals surface area contributed by atoms with Gasteiger partial charge in [-0.3, -0.25) is 4.79 Å². The first-order valence-electron chi connectivity index (χ1n) is 9.41. The van der Waals surface area contributed by atoms with Crippen LogP contribution in [-0.2, 0) is 4.74 Å². The van der Waals surface area contributed by atoms with Crippen LogP contribution in [0, 0.1) is 6.92 Å². The second-order valence-electron chi connectivity index (χ2n) is 6.48. The van der Waals surface area contributed by atoms with Crippen molar-refractivity contribution in [2.75, 3.05) is 13.2 Å². The molecule has 0 amide bonds. The van der Waals surface area contributed by atoms with Crippen molar-refractivity contribution >= 4 is 5.78 Å². The van der Waals surface area contributed by atoms with E-state index >= 15 is 0 Å². The predicted octanol–water partition coefficient (Wildman–Crippen LogP) is 6.12. The van der Waals surface area contributed by atoms with Gasteiger partial charge >= 0.3 is 0 Å². The number of carbonyl (C=O) groups is 1.